The number of rotatable bonds is 6. The predicted molar refractivity (Wildman–Crippen MR) is 107 cm³/mol. The Bertz CT molecular complexity index is 923. The summed E-state index contributed by atoms with van der Waals surface area (Å²) in [4.78, 5) is 20.7. The second-order valence-electron chi connectivity index (χ2n) is 6.71. The number of benzene rings is 1. The Morgan fingerprint density at radius 1 is 1.04 bits per heavy atom. The molecule has 1 aliphatic heterocycles. The zero-order valence-corrected chi connectivity index (χ0v) is 15.5. The summed E-state index contributed by atoms with van der Waals surface area (Å²) < 4.78 is 6.03. The monoisotopic (exact) mass is 374 g/mol. The van der Waals surface area contributed by atoms with E-state index in [2.05, 4.69) is 20.6 Å². The lowest BCUT2D eigenvalue weighted by atomic mass is 10.0. The van der Waals surface area contributed by atoms with E-state index in [1.807, 2.05) is 42.5 Å². The molecule has 0 spiro atoms. The molecule has 3 aromatic rings. The molecule has 0 aliphatic carbocycles. The van der Waals surface area contributed by atoms with Gasteiger partial charge >= 0.3 is 0 Å². The standard InChI is InChI=1S/C22H22N4O2/c27-22(18-3-1-16(2-4-18)17-5-9-23-10-6-17)26-13-19-7-11-25-15-21(19)28-20-8-12-24-14-20/h1-7,9-11,15,20,24H,8,12-14H2,(H,26,27)/t20-/m0/s1. The molecule has 1 atom stereocenters. The number of hydrogen-bond acceptors (Lipinski definition) is 5. The Morgan fingerprint density at radius 2 is 1.79 bits per heavy atom. The van der Waals surface area contributed by atoms with E-state index in [1.165, 1.54) is 0 Å². The van der Waals surface area contributed by atoms with Crippen molar-refractivity contribution in [2.24, 2.45) is 0 Å². The highest BCUT2D eigenvalue weighted by atomic mass is 16.5. The lowest BCUT2D eigenvalue weighted by molar-refractivity contribution is 0.0950. The van der Waals surface area contributed by atoms with Crippen molar-refractivity contribution in [3.8, 4) is 16.9 Å². The van der Waals surface area contributed by atoms with Crippen molar-refractivity contribution in [1.29, 1.82) is 0 Å². The van der Waals surface area contributed by atoms with Crippen LogP contribution >= 0.6 is 0 Å². The van der Waals surface area contributed by atoms with Gasteiger partial charge in [0.05, 0.1) is 6.20 Å². The minimum atomic E-state index is -0.119. The molecule has 1 amide bonds. The summed E-state index contributed by atoms with van der Waals surface area (Å²) >= 11 is 0. The van der Waals surface area contributed by atoms with Crippen LogP contribution in [0.25, 0.3) is 11.1 Å². The summed E-state index contributed by atoms with van der Waals surface area (Å²) in [6.45, 7) is 2.19. The maximum Gasteiger partial charge on any atom is 0.251 e. The van der Waals surface area contributed by atoms with Crippen LogP contribution in [0.15, 0.2) is 67.3 Å². The minimum Gasteiger partial charge on any atom is -0.487 e. The van der Waals surface area contributed by atoms with Crippen LogP contribution in [0.1, 0.15) is 22.3 Å². The van der Waals surface area contributed by atoms with E-state index in [-0.39, 0.29) is 12.0 Å². The first kappa shape index (κ1) is 18.1. The van der Waals surface area contributed by atoms with Crippen molar-refractivity contribution in [3.05, 3.63) is 78.4 Å². The average Bonchev–Trinajstić information content (AvgIpc) is 3.27. The number of nitrogens with one attached hydrogen (secondary N) is 2. The molecule has 0 radical (unpaired) electrons. The predicted octanol–water partition coefficient (Wildman–Crippen LogP) is 2.81. The molecule has 28 heavy (non-hydrogen) atoms. The van der Waals surface area contributed by atoms with Crippen LogP contribution in [-0.4, -0.2) is 35.1 Å². The number of nitrogens with zero attached hydrogens (tertiary/aromatic N) is 2. The van der Waals surface area contributed by atoms with Crippen molar-refractivity contribution < 1.29 is 9.53 Å². The van der Waals surface area contributed by atoms with Gasteiger partial charge in [-0.2, -0.15) is 0 Å². The van der Waals surface area contributed by atoms with Crippen LogP contribution in [0.4, 0.5) is 0 Å². The Hall–Kier alpha value is -3.25. The quantitative estimate of drug-likeness (QED) is 0.694. The fourth-order valence-electron chi connectivity index (χ4n) is 3.21. The number of hydrogen-bond donors (Lipinski definition) is 2. The maximum atomic E-state index is 12.5. The van der Waals surface area contributed by atoms with Crippen LogP contribution in [-0.2, 0) is 6.54 Å². The average molecular weight is 374 g/mol. The molecule has 1 fully saturated rings. The smallest absolute Gasteiger partial charge is 0.251 e. The lowest BCUT2D eigenvalue weighted by Gasteiger charge is -2.16. The van der Waals surface area contributed by atoms with Crippen molar-refractivity contribution in [2.45, 2.75) is 19.1 Å². The summed E-state index contributed by atoms with van der Waals surface area (Å²) in [6, 6.07) is 13.3. The highest BCUT2D eigenvalue weighted by Crippen LogP contribution is 2.21. The van der Waals surface area contributed by atoms with Crippen LogP contribution in [0, 0.1) is 0 Å². The van der Waals surface area contributed by atoms with Gasteiger partial charge in [-0.1, -0.05) is 12.1 Å². The van der Waals surface area contributed by atoms with Crippen LogP contribution in [0.3, 0.4) is 0 Å². The Kier molecular flexibility index (Phi) is 5.58. The third kappa shape index (κ3) is 4.35. The largest absolute Gasteiger partial charge is 0.487 e. The fraction of sp³-hybridized carbons (Fsp3) is 0.227. The topological polar surface area (TPSA) is 76.1 Å². The minimum absolute atomic E-state index is 0.119. The van der Waals surface area contributed by atoms with E-state index in [1.54, 1.807) is 24.8 Å². The molecule has 1 aromatic carbocycles. The van der Waals surface area contributed by atoms with Crippen molar-refractivity contribution in [2.75, 3.05) is 13.1 Å². The third-order valence-corrected chi connectivity index (χ3v) is 4.78. The molecule has 0 bridgehead atoms. The molecular formula is C22H22N4O2. The van der Waals surface area contributed by atoms with Gasteiger partial charge in [-0.25, -0.2) is 0 Å². The summed E-state index contributed by atoms with van der Waals surface area (Å²) in [5, 5.41) is 6.25. The molecule has 6 nitrogen and oxygen atoms in total. The number of aromatic nitrogens is 2. The summed E-state index contributed by atoms with van der Waals surface area (Å²) in [5.41, 5.74) is 3.66. The summed E-state index contributed by atoms with van der Waals surface area (Å²) in [7, 11) is 0. The fourth-order valence-corrected chi connectivity index (χ4v) is 3.21. The Morgan fingerprint density at radius 3 is 2.54 bits per heavy atom. The summed E-state index contributed by atoms with van der Waals surface area (Å²) in [6.07, 6.45) is 8.07. The number of carbonyl (C=O) groups is 1. The van der Waals surface area contributed by atoms with Gasteiger partial charge in [0, 0.05) is 42.8 Å². The zero-order valence-electron chi connectivity index (χ0n) is 15.5. The maximum absolute atomic E-state index is 12.5. The molecule has 2 N–H and O–H groups in total. The second kappa shape index (κ2) is 8.63. The molecular weight excluding hydrogens is 352 g/mol. The first-order valence-electron chi connectivity index (χ1n) is 9.38. The lowest BCUT2D eigenvalue weighted by Crippen LogP contribution is -2.24. The van der Waals surface area contributed by atoms with Crippen molar-refractivity contribution in [3.63, 3.8) is 0 Å². The van der Waals surface area contributed by atoms with E-state index in [4.69, 9.17) is 4.74 Å². The third-order valence-electron chi connectivity index (χ3n) is 4.78. The zero-order chi connectivity index (χ0) is 19.2. The molecule has 2 aromatic heterocycles. The highest BCUT2D eigenvalue weighted by Gasteiger charge is 2.17. The Balaban J connectivity index is 1.39. The second-order valence-corrected chi connectivity index (χ2v) is 6.71. The molecule has 1 aliphatic rings. The first-order chi connectivity index (χ1) is 13.8. The van der Waals surface area contributed by atoms with Gasteiger partial charge in [0.1, 0.15) is 11.9 Å². The van der Waals surface area contributed by atoms with Gasteiger partial charge in [-0.15, -0.1) is 0 Å². The van der Waals surface area contributed by atoms with Gasteiger partial charge in [-0.3, -0.25) is 14.8 Å². The Labute approximate surface area is 164 Å². The molecule has 3 heterocycles. The van der Waals surface area contributed by atoms with Crippen molar-refractivity contribution >= 4 is 5.91 Å². The number of pyridine rings is 2. The molecule has 1 saturated heterocycles. The van der Waals surface area contributed by atoms with Crippen LogP contribution in [0.2, 0.25) is 0 Å². The van der Waals surface area contributed by atoms with E-state index in [9.17, 15) is 4.79 Å². The SMILES string of the molecule is O=C(NCc1ccncc1O[C@H]1CCNC1)c1ccc(-c2ccncc2)cc1. The summed E-state index contributed by atoms with van der Waals surface area (Å²) in [5.74, 6) is 0.608. The van der Waals surface area contributed by atoms with E-state index in [0.717, 1.165) is 42.0 Å². The van der Waals surface area contributed by atoms with E-state index in [0.29, 0.717) is 12.1 Å². The number of amides is 1. The van der Waals surface area contributed by atoms with Crippen molar-refractivity contribution in [1.82, 2.24) is 20.6 Å². The molecule has 0 saturated carbocycles. The van der Waals surface area contributed by atoms with Crippen LogP contribution < -0.4 is 15.4 Å². The van der Waals surface area contributed by atoms with Gasteiger partial charge in [0.15, 0.2) is 0 Å². The van der Waals surface area contributed by atoms with Gasteiger partial charge in [0.2, 0.25) is 0 Å². The first-order valence-corrected chi connectivity index (χ1v) is 9.38. The molecule has 6 heteroatoms. The molecule has 4 rings (SSSR count). The van der Waals surface area contributed by atoms with Gasteiger partial charge < -0.3 is 15.4 Å². The normalized spacial score (nSPS) is 15.9. The number of carbonyl (C=O) groups excluding carboxylic acids is 1. The molecule has 142 valence electrons. The van der Waals surface area contributed by atoms with Gasteiger partial charge in [-0.05, 0) is 54.4 Å². The van der Waals surface area contributed by atoms with E-state index < -0.39 is 0 Å². The van der Waals surface area contributed by atoms with Gasteiger partial charge in [0.25, 0.3) is 5.91 Å². The molecule has 0 unspecified atom stereocenters. The number of ether oxygens (including phenoxy) is 1. The van der Waals surface area contributed by atoms with E-state index >= 15 is 0 Å². The van der Waals surface area contributed by atoms with Crippen LogP contribution in [0.5, 0.6) is 5.75 Å². The highest BCUT2D eigenvalue weighted by molar-refractivity contribution is 5.94.